The number of ketones is 3. The van der Waals surface area contributed by atoms with Gasteiger partial charge in [0.05, 0.1) is 24.3 Å². The molecule has 15 heteroatoms. The van der Waals surface area contributed by atoms with Gasteiger partial charge in [-0.2, -0.15) is 0 Å². The van der Waals surface area contributed by atoms with Crippen molar-refractivity contribution >= 4 is 53.0 Å². The van der Waals surface area contributed by atoms with Crippen LogP contribution < -0.4 is 0 Å². The first-order valence-corrected chi connectivity index (χ1v) is 47.4. The molecule has 0 saturated heterocycles. The Morgan fingerprint density at radius 2 is 0.675 bits per heavy atom. The number of esters is 4. The topological polar surface area (TPSA) is 195 Å². The van der Waals surface area contributed by atoms with Crippen LogP contribution in [0.4, 0.5) is 0 Å². The molecule has 25 atom stereocenters. The fourth-order valence-electron chi connectivity index (χ4n) is 26.8. The highest BCUT2D eigenvalue weighted by Gasteiger charge is 2.64. The van der Waals surface area contributed by atoms with Gasteiger partial charge in [0, 0.05) is 85.2 Å². The Morgan fingerprint density at radius 3 is 1.02 bits per heavy atom. The molecule has 0 amide bonds. The summed E-state index contributed by atoms with van der Waals surface area (Å²) in [6, 6.07) is 0. The number of rotatable bonds is 18. The molecule has 12 fully saturated rings. The van der Waals surface area contributed by atoms with Crippen LogP contribution in [0.25, 0.3) is 0 Å². The lowest BCUT2D eigenvalue weighted by Gasteiger charge is -2.61. The zero-order valence-electron chi connectivity index (χ0n) is 76.5. The van der Waals surface area contributed by atoms with Crippen LogP contribution >= 0.6 is 11.8 Å². The molecule has 0 aliphatic heterocycles. The standard InChI is InChI=1S/C67H54O10.C23H38O2S.C21H34O2.30H2/c1-7-9-11-13-15-17-19-21-23-25-27-29-31-33-35-37-62(69)73-50-57(51-74-63(70)38-36-34-32-30-28-26-24-22-20-18-16-14-12-10-8-2)77-65(72)48-53(3)47-64(71)76-52-75-56-43-45-66(5)55(49-56)39-40-58-60-42-41-59(54(4)68)67(60,6)46-44-61(58)66;1-15(24)19-7-8-20-18-6-5-16-13-17(25-14-26-4)9-11-22(16,2)21(18)10-12-23(19,20)3;1-13(22)17-6-7-18-16-5-4-14-12-15(23)8-10-20(14,2)19(16)9-11-21(17,18)3;;;;;;;;;;;;;;;;;;;;;;;;;;;;;;/h53,55-61H,39-52H2,1-6H3;16-21H,5-14H2,1-4H3;14-19,23H,4-12H2,1-3H3;30*1H/t53?,55-,56-,58-,59+,60-,61-,66-,67+;16-,17-,18-,19+,20-,21-,22-,23+;14-,15-,16-,17+,18-,19-,20-,21+;;;;;;;;;;;;;;;;;;;;;;;;;;;;;;/m000............................../s1. The molecule has 126 heavy (non-hydrogen) atoms. The van der Waals surface area contributed by atoms with Crippen molar-refractivity contribution in [3.05, 3.63) is 0 Å². The number of aliphatic hydroxyl groups is 1. The molecule has 12 aliphatic carbocycles. The predicted molar refractivity (Wildman–Crippen MR) is 552 cm³/mol. The fourth-order valence-corrected chi connectivity index (χ4v) is 27.2. The molecule has 1 N–H and O–H groups in total. The lowest BCUT2D eigenvalue weighted by Crippen LogP contribution is -2.54. The maximum Gasteiger partial charge on any atom is 0.385 e. The second kappa shape index (κ2) is 46.7. The summed E-state index contributed by atoms with van der Waals surface area (Å²) in [5.74, 6) is 86.5. The number of aliphatic hydroxyl groups excluding tert-OH is 1. The SMILES string of the molecule is CC#CC#CC#CC#CC#CC#CC#CC#CC(=O)OCC(COC(=O)C#CC#CC#CC#CC#CC#CC#CC#CC)OC(=O)CC(C)CC(=O)OCO[C@H]1CC[C@@]2(C)[C@@H](CC[C@@H]3[C@@H]2CC[C@]2(C)[C@@H](C(C)=O)CC[C@@H]32)C1.CC(=O)[C@H]1CC[C@H]2[C@@H]3CC[C@H]4C[C@@H](O)CC[C@]4(C)[C@H]3CC[C@]12C.CSCO[C@H]1CC[C@@]2(C)[C@@H](CC[C@@H]3[C@@H]2CC[C@]2(C)[C@@H](C(C)=O)CC[C@@H]32)C1.[HH].[HH].[HH].[HH].[HH].[HH].[HH].[HH].[HH].[HH].[HH].[HH].[HH].[HH].[HH].[HH].[HH].[HH].[HH].[HH].[HH].[HH].[HH].[HH].[HH].[HH].[HH].[HH].[HH].[HH]. The van der Waals surface area contributed by atoms with Gasteiger partial charge in [-0.3, -0.25) is 24.0 Å². The molecule has 0 spiro atoms. The van der Waals surface area contributed by atoms with E-state index >= 15 is 0 Å². The number of carbonyl (C=O) groups excluding carboxylic acids is 7. The molecule has 0 aromatic carbocycles. The molecule has 1 unspecified atom stereocenters. The minimum Gasteiger partial charge on any atom is -0.455 e. The number of Topliss-reactive ketones (excluding diaryl/α,β-unsaturated/α-hetero) is 3. The van der Waals surface area contributed by atoms with Crippen molar-refractivity contribution in [1.82, 2.24) is 0 Å². The Balaban J connectivity index is -0.000000102. The Morgan fingerprint density at radius 1 is 0.365 bits per heavy atom. The molecule has 0 bridgehead atoms. The van der Waals surface area contributed by atoms with Gasteiger partial charge in [0.1, 0.15) is 30.6 Å². The fraction of sp³-hybridized carbons (Fsp3) is 0.649. The van der Waals surface area contributed by atoms with E-state index in [1.807, 2.05) is 13.8 Å². The van der Waals surface area contributed by atoms with E-state index in [4.69, 9.17) is 28.4 Å². The summed E-state index contributed by atoms with van der Waals surface area (Å²) in [5, 5.41) is 10.1. The van der Waals surface area contributed by atoms with E-state index in [0.717, 1.165) is 124 Å². The summed E-state index contributed by atoms with van der Waals surface area (Å²) in [5.41, 5.74) is 1.93. The second-order valence-electron chi connectivity index (χ2n) is 39.0. The summed E-state index contributed by atoms with van der Waals surface area (Å²) < 4.78 is 33.5. The number of hydrogen-bond acceptors (Lipinski definition) is 15. The van der Waals surface area contributed by atoms with Gasteiger partial charge >= 0.3 is 23.9 Å². The van der Waals surface area contributed by atoms with Gasteiger partial charge in [-0.1, -0.05) is 60.3 Å². The Hall–Kier alpha value is -9.92. The molecule has 0 aromatic rings. The molecule has 0 radical (unpaired) electrons. The third-order valence-electron chi connectivity index (χ3n) is 32.6. The molecule has 12 aliphatic rings. The van der Waals surface area contributed by atoms with E-state index in [1.54, 1.807) is 39.5 Å². The maximum atomic E-state index is 13.1. The van der Waals surface area contributed by atoms with Crippen LogP contribution in [-0.4, -0.2) is 103 Å². The highest BCUT2D eigenvalue weighted by Crippen LogP contribution is 2.71. The maximum absolute atomic E-state index is 13.1. The summed E-state index contributed by atoms with van der Waals surface area (Å²) in [7, 11) is 0. The molecule has 14 nitrogen and oxygen atoms in total. The summed E-state index contributed by atoms with van der Waals surface area (Å²) >= 11 is 1.80. The van der Waals surface area contributed by atoms with Gasteiger partial charge in [0.2, 0.25) is 0 Å². The second-order valence-corrected chi connectivity index (χ2v) is 39.8. The monoisotopic (exact) mass is 1780 g/mol. The number of ether oxygens (including phenoxy) is 6. The number of thioether (sulfide) groups is 1. The van der Waals surface area contributed by atoms with Crippen LogP contribution in [0.15, 0.2) is 0 Å². The number of hydrogen-bond donors (Lipinski definition) is 1. The molecule has 12 rings (SSSR count). The van der Waals surface area contributed by atoms with E-state index in [2.05, 4.69) is 237 Å². The highest BCUT2D eigenvalue weighted by atomic mass is 32.2. The third kappa shape index (κ3) is 24.9. The first-order valence-electron chi connectivity index (χ1n) is 46.0. The van der Waals surface area contributed by atoms with E-state index in [9.17, 15) is 38.7 Å². The van der Waals surface area contributed by atoms with Crippen molar-refractivity contribution < 1.29 is 110 Å². The highest BCUT2D eigenvalue weighted by molar-refractivity contribution is 7.98. The summed E-state index contributed by atoms with van der Waals surface area (Å²) in [4.78, 5) is 87.8. The summed E-state index contributed by atoms with van der Waals surface area (Å²) in [6.45, 7) is 24.1. The van der Waals surface area contributed by atoms with E-state index in [1.165, 1.54) is 103 Å². The van der Waals surface area contributed by atoms with Crippen LogP contribution in [0.1, 0.15) is 312 Å². The van der Waals surface area contributed by atoms with E-state index in [0.29, 0.717) is 75.2 Å². The molecular formula is C111H186O14S. The molecule has 12 saturated carbocycles. The van der Waals surface area contributed by atoms with Crippen LogP contribution in [0.2, 0.25) is 0 Å². The lowest BCUT2D eigenvalue weighted by molar-refractivity contribution is -0.175. The minimum atomic E-state index is -1.28. The van der Waals surface area contributed by atoms with Gasteiger partial charge in [-0.25, -0.2) is 9.59 Å². The van der Waals surface area contributed by atoms with E-state index in [-0.39, 0.29) is 96.8 Å². The van der Waals surface area contributed by atoms with Crippen molar-refractivity contribution in [3.63, 3.8) is 0 Å². The Bertz CT molecular complexity index is 5130. The number of carbonyl (C=O) groups is 7. The predicted octanol–water partition coefficient (Wildman–Crippen LogP) is 23.5. The molecule has 0 heterocycles. The van der Waals surface area contributed by atoms with Crippen LogP contribution in [0, 0.1) is 317 Å². The zero-order valence-corrected chi connectivity index (χ0v) is 77.4. The Kier molecular flexibility index (Phi) is 36.4. The average molecular weight is 1780 g/mol. The van der Waals surface area contributed by atoms with Gasteiger partial charge < -0.3 is 33.5 Å². The van der Waals surface area contributed by atoms with Crippen molar-refractivity contribution in [2.45, 2.75) is 294 Å². The molecular weight excluding hydrogens is 1590 g/mol. The van der Waals surface area contributed by atoms with Crippen molar-refractivity contribution in [3.8, 4) is 189 Å². The normalized spacial score (nSPS) is 33.9. The number of fused-ring (bicyclic) bond motifs is 15. The van der Waals surface area contributed by atoms with Crippen LogP contribution in [0.5, 0.6) is 0 Å². The van der Waals surface area contributed by atoms with Crippen molar-refractivity contribution in [2.24, 2.45) is 127 Å². The quantitative estimate of drug-likeness (QED) is 0.0447. The zero-order chi connectivity index (χ0) is 90.5. The van der Waals surface area contributed by atoms with Crippen LogP contribution in [-0.2, 0) is 62.0 Å². The minimum absolute atomic E-state index is 0. The first-order chi connectivity index (χ1) is 60.6. The van der Waals surface area contributed by atoms with Crippen molar-refractivity contribution in [1.29, 1.82) is 0 Å². The molecule has 720 valence electrons. The summed E-state index contributed by atoms with van der Waals surface area (Å²) in [6.07, 6.45) is 33.4. The lowest BCUT2D eigenvalue weighted by atomic mass is 9.44. The largest absolute Gasteiger partial charge is 0.455 e. The van der Waals surface area contributed by atoms with Gasteiger partial charge in [0.15, 0.2) is 12.9 Å². The van der Waals surface area contributed by atoms with E-state index < -0.39 is 49.1 Å². The average Bonchev–Trinajstić information content (AvgIpc) is 1.20. The van der Waals surface area contributed by atoms with Gasteiger partial charge in [-0.15, -0.1) is 11.8 Å². The van der Waals surface area contributed by atoms with Crippen molar-refractivity contribution in [2.75, 3.05) is 32.2 Å². The van der Waals surface area contributed by atoms with Crippen LogP contribution in [0.3, 0.4) is 0 Å². The Labute approximate surface area is 802 Å². The first kappa shape index (κ1) is 98.3. The van der Waals surface area contributed by atoms with Gasteiger partial charge in [0.25, 0.3) is 0 Å². The van der Waals surface area contributed by atoms with Gasteiger partial charge in [-0.05, 0) is 489 Å². The smallest absolute Gasteiger partial charge is 0.385 e. The third-order valence-corrected chi connectivity index (χ3v) is 33.0. The molecule has 0 aromatic heterocycles.